The maximum absolute atomic E-state index is 13.4. The van der Waals surface area contributed by atoms with Gasteiger partial charge in [0, 0.05) is 6.20 Å². The number of halogens is 1. The quantitative estimate of drug-likeness (QED) is 0.497. The van der Waals surface area contributed by atoms with Gasteiger partial charge in [0.2, 0.25) is 0 Å². The highest BCUT2D eigenvalue weighted by Gasteiger charge is 2.26. The van der Waals surface area contributed by atoms with Crippen LogP contribution in [0.25, 0.3) is 0 Å². The second-order valence-corrected chi connectivity index (χ2v) is 3.27. The monoisotopic (exact) mass is 205 g/mol. The lowest BCUT2D eigenvalue weighted by Gasteiger charge is -2.33. The van der Waals surface area contributed by atoms with E-state index in [4.69, 9.17) is 7.85 Å². The fraction of sp³-hybridized carbons (Fsp3) is 0.333. The molecule has 0 bridgehead atoms. The summed E-state index contributed by atoms with van der Waals surface area (Å²) in [5.74, 6) is -0.106. The highest BCUT2D eigenvalue weighted by atomic mass is 19.1. The summed E-state index contributed by atoms with van der Waals surface area (Å²) in [6, 6.07) is 1.26. The number of oxime groups is 1. The molecule has 1 aliphatic heterocycles. The second-order valence-electron chi connectivity index (χ2n) is 3.27. The Morgan fingerprint density at radius 1 is 1.60 bits per heavy atom. The molecule has 0 atom stereocenters. The first-order valence-electron chi connectivity index (χ1n) is 4.45. The molecule has 0 aromatic carbocycles. The second kappa shape index (κ2) is 3.88. The van der Waals surface area contributed by atoms with E-state index in [0.717, 1.165) is 5.71 Å². The third-order valence-electron chi connectivity index (χ3n) is 2.11. The average molecular weight is 205 g/mol. The fourth-order valence-corrected chi connectivity index (χ4v) is 1.41. The predicted molar refractivity (Wildman–Crippen MR) is 56.2 cm³/mol. The predicted octanol–water partition coefficient (Wildman–Crippen LogP) is -0.163. The molecule has 1 fully saturated rings. The fourth-order valence-electron chi connectivity index (χ4n) is 1.41. The standard InChI is InChI=1S/C9H9BFN3O/c1-15-13-7-4-14(5-7)9-8(11)2-6(10)3-12-9/h2-3H,4-5H2,1H3. The van der Waals surface area contributed by atoms with Crippen LogP contribution in [0, 0.1) is 5.82 Å². The Morgan fingerprint density at radius 2 is 2.33 bits per heavy atom. The molecule has 1 aromatic rings. The van der Waals surface area contributed by atoms with Crippen molar-refractivity contribution in [3.63, 3.8) is 0 Å². The largest absolute Gasteiger partial charge is 0.399 e. The van der Waals surface area contributed by atoms with Crippen molar-refractivity contribution in [3.8, 4) is 0 Å². The minimum atomic E-state index is -0.411. The summed E-state index contributed by atoms with van der Waals surface area (Å²) < 4.78 is 13.4. The molecule has 2 heterocycles. The number of rotatable bonds is 2. The normalized spacial score (nSPS) is 14.8. The maximum Gasteiger partial charge on any atom is 0.165 e. The summed E-state index contributed by atoms with van der Waals surface area (Å²) in [5.41, 5.74) is 1.19. The van der Waals surface area contributed by atoms with Crippen LogP contribution in [-0.4, -0.2) is 38.7 Å². The van der Waals surface area contributed by atoms with Crippen molar-refractivity contribution in [3.05, 3.63) is 18.1 Å². The molecule has 15 heavy (non-hydrogen) atoms. The summed E-state index contributed by atoms with van der Waals surface area (Å²) in [6.07, 6.45) is 1.43. The van der Waals surface area contributed by atoms with Crippen molar-refractivity contribution in [1.29, 1.82) is 0 Å². The van der Waals surface area contributed by atoms with Crippen LogP contribution in [0.3, 0.4) is 0 Å². The molecule has 2 radical (unpaired) electrons. The third kappa shape index (κ3) is 1.93. The Morgan fingerprint density at radius 3 is 2.93 bits per heavy atom. The number of pyridine rings is 1. The van der Waals surface area contributed by atoms with Crippen LogP contribution in [-0.2, 0) is 4.84 Å². The number of nitrogens with zero attached hydrogens (tertiary/aromatic N) is 3. The Balaban J connectivity index is 2.10. The van der Waals surface area contributed by atoms with Gasteiger partial charge in [-0.25, -0.2) is 9.37 Å². The van der Waals surface area contributed by atoms with Crippen LogP contribution >= 0.6 is 0 Å². The summed E-state index contributed by atoms with van der Waals surface area (Å²) in [4.78, 5) is 10.3. The SMILES string of the molecule is [B]c1cnc(N2CC(=NOC)C2)c(F)c1. The van der Waals surface area contributed by atoms with Crippen LogP contribution < -0.4 is 10.4 Å². The Labute approximate surface area is 88.1 Å². The van der Waals surface area contributed by atoms with Gasteiger partial charge in [0.15, 0.2) is 11.6 Å². The van der Waals surface area contributed by atoms with E-state index in [0.29, 0.717) is 24.4 Å². The van der Waals surface area contributed by atoms with E-state index in [1.165, 1.54) is 19.4 Å². The highest BCUT2D eigenvalue weighted by molar-refractivity contribution is 6.32. The van der Waals surface area contributed by atoms with Crippen LogP contribution in [0.5, 0.6) is 0 Å². The molecule has 76 valence electrons. The first-order chi connectivity index (χ1) is 7.20. The first-order valence-corrected chi connectivity index (χ1v) is 4.45. The lowest BCUT2D eigenvalue weighted by atomic mass is 9.99. The number of hydrogen-bond donors (Lipinski definition) is 0. The van der Waals surface area contributed by atoms with Gasteiger partial charge in [0.05, 0.1) is 18.8 Å². The van der Waals surface area contributed by atoms with Crippen molar-refractivity contribution in [1.82, 2.24) is 4.98 Å². The Hall–Kier alpha value is -1.59. The van der Waals surface area contributed by atoms with Gasteiger partial charge in [-0.05, 0) is 6.07 Å². The van der Waals surface area contributed by atoms with E-state index >= 15 is 0 Å². The van der Waals surface area contributed by atoms with E-state index in [9.17, 15) is 4.39 Å². The number of aromatic nitrogens is 1. The summed E-state index contributed by atoms with van der Waals surface area (Å²) in [7, 11) is 6.88. The van der Waals surface area contributed by atoms with Crippen LogP contribution in [0.2, 0.25) is 0 Å². The topological polar surface area (TPSA) is 37.7 Å². The van der Waals surface area contributed by atoms with Crippen LogP contribution in [0.1, 0.15) is 0 Å². The van der Waals surface area contributed by atoms with E-state index < -0.39 is 5.82 Å². The van der Waals surface area contributed by atoms with Crippen molar-refractivity contribution >= 4 is 24.8 Å². The van der Waals surface area contributed by atoms with Gasteiger partial charge in [-0.15, -0.1) is 0 Å². The summed E-state index contributed by atoms with van der Waals surface area (Å²) >= 11 is 0. The molecule has 0 unspecified atom stereocenters. The molecular formula is C9H9BFN3O. The lowest BCUT2D eigenvalue weighted by Crippen LogP contribution is -2.48. The Bertz CT molecular complexity index is 402. The van der Waals surface area contributed by atoms with Crippen molar-refractivity contribution in [2.75, 3.05) is 25.1 Å². The number of hydrogen-bond acceptors (Lipinski definition) is 4. The third-order valence-corrected chi connectivity index (χ3v) is 2.11. The van der Waals surface area contributed by atoms with E-state index in [1.54, 1.807) is 4.90 Å². The molecule has 1 aromatic heterocycles. The first kappa shape index (κ1) is 9.95. The molecule has 1 aliphatic rings. The smallest absolute Gasteiger partial charge is 0.165 e. The molecule has 2 rings (SSSR count). The number of anilines is 1. The zero-order valence-corrected chi connectivity index (χ0v) is 8.27. The van der Waals surface area contributed by atoms with Gasteiger partial charge in [-0.2, -0.15) is 0 Å². The van der Waals surface area contributed by atoms with Crippen molar-refractivity contribution in [2.24, 2.45) is 5.16 Å². The molecular weight excluding hydrogens is 196 g/mol. The zero-order valence-electron chi connectivity index (χ0n) is 8.27. The van der Waals surface area contributed by atoms with Gasteiger partial charge < -0.3 is 9.74 Å². The molecule has 0 spiro atoms. The van der Waals surface area contributed by atoms with Gasteiger partial charge in [0.25, 0.3) is 0 Å². The molecule has 0 aliphatic carbocycles. The van der Waals surface area contributed by atoms with Crippen LogP contribution in [0.15, 0.2) is 17.4 Å². The highest BCUT2D eigenvalue weighted by Crippen LogP contribution is 2.19. The molecule has 1 saturated heterocycles. The summed E-state index contributed by atoms with van der Waals surface area (Å²) in [6.45, 7) is 1.09. The van der Waals surface area contributed by atoms with E-state index in [1.807, 2.05) is 0 Å². The van der Waals surface area contributed by atoms with E-state index in [-0.39, 0.29) is 0 Å². The lowest BCUT2D eigenvalue weighted by molar-refractivity contribution is 0.211. The van der Waals surface area contributed by atoms with Crippen molar-refractivity contribution in [2.45, 2.75) is 0 Å². The molecule has 4 nitrogen and oxygen atoms in total. The zero-order chi connectivity index (χ0) is 10.8. The maximum atomic E-state index is 13.4. The van der Waals surface area contributed by atoms with Crippen LogP contribution in [0.4, 0.5) is 10.2 Å². The van der Waals surface area contributed by atoms with Gasteiger partial charge in [0.1, 0.15) is 15.0 Å². The van der Waals surface area contributed by atoms with Crippen molar-refractivity contribution < 1.29 is 9.23 Å². The molecule has 0 amide bonds. The van der Waals surface area contributed by atoms with Gasteiger partial charge >= 0.3 is 0 Å². The molecule has 6 heteroatoms. The minimum absolute atomic E-state index is 0.305. The van der Waals surface area contributed by atoms with E-state index in [2.05, 4.69) is 15.0 Å². The van der Waals surface area contributed by atoms with Gasteiger partial charge in [-0.3, -0.25) is 0 Å². The molecule has 0 N–H and O–H groups in total. The molecule has 0 saturated carbocycles. The minimum Gasteiger partial charge on any atom is -0.399 e. The summed E-state index contributed by atoms with van der Waals surface area (Å²) in [5, 5.41) is 3.75. The van der Waals surface area contributed by atoms with Gasteiger partial charge in [-0.1, -0.05) is 10.6 Å². The Kier molecular flexibility index (Phi) is 2.57. The average Bonchev–Trinajstić information content (AvgIpc) is 2.12.